The number of benzene rings is 2. The number of alkyl halides is 3. The van der Waals surface area contributed by atoms with Crippen LogP contribution in [0.5, 0.6) is 5.75 Å². The number of aromatic nitrogens is 3. The van der Waals surface area contributed by atoms with E-state index in [2.05, 4.69) is 20.3 Å². The van der Waals surface area contributed by atoms with E-state index < -0.39 is 40.1 Å². The number of halogens is 5. The van der Waals surface area contributed by atoms with Crippen LogP contribution >= 0.6 is 0 Å². The van der Waals surface area contributed by atoms with Crippen molar-refractivity contribution < 1.29 is 35.1 Å². The molecule has 0 aliphatic carbocycles. The van der Waals surface area contributed by atoms with Gasteiger partial charge in [0.1, 0.15) is 39.9 Å². The average molecular weight is 568 g/mol. The fourth-order valence-corrected chi connectivity index (χ4v) is 4.92. The van der Waals surface area contributed by atoms with E-state index in [4.69, 9.17) is 10.5 Å². The average Bonchev–Trinajstić information content (AvgIpc) is 2.84. The largest absolute Gasteiger partial charge is 0.495 e. The first-order valence-corrected chi connectivity index (χ1v) is 13.2. The Morgan fingerprint density at radius 2 is 1.67 bits per heavy atom. The highest BCUT2D eigenvalue weighted by molar-refractivity contribution is 7.90. The molecular weight excluding hydrogens is 545 g/mol. The quantitative estimate of drug-likeness (QED) is 0.297. The highest BCUT2D eigenvalue weighted by Gasteiger charge is 2.28. The third-order valence-corrected chi connectivity index (χ3v) is 6.98. The normalized spacial score (nSPS) is 12.9. The van der Waals surface area contributed by atoms with Crippen LogP contribution in [0.1, 0.15) is 24.0 Å². The van der Waals surface area contributed by atoms with Gasteiger partial charge in [-0.15, -0.1) is 0 Å². The Kier molecular flexibility index (Phi) is 7.34. The second-order valence-corrected chi connectivity index (χ2v) is 10.7. The highest BCUT2D eigenvalue weighted by atomic mass is 32.2. The van der Waals surface area contributed by atoms with Crippen molar-refractivity contribution in [3.05, 3.63) is 65.2 Å². The molecule has 8 nitrogen and oxygen atoms in total. The summed E-state index contributed by atoms with van der Waals surface area (Å²) in [6, 6.07) is 8.66. The number of methoxy groups -OCH3 is 1. The minimum atomic E-state index is -4.60. The summed E-state index contributed by atoms with van der Waals surface area (Å²) in [5.41, 5.74) is 6.66. The molecule has 0 fully saturated rings. The number of hydrogen-bond donors (Lipinski definition) is 2. The summed E-state index contributed by atoms with van der Waals surface area (Å²) in [7, 11) is -2.45. The second kappa shape index (κ2) is 10.2. The summed E-state index contributed by atoms with van der Waals surface area (Å²) in [6.07, 6.45) is -3.61. The van der Waals surface area contributed by atoms with Crippen molar-refractivity contribution in [3.63, 3.8) is 0 Å². The number of nitrogen functional groups attached to an aromatic ring is 1. The van der Waals surface area contributed by atoms with Crippen molar-refractivity contribution in [2.24, 2.45) is 0 Å². The van der Waals surface area contributed by atoms with E-state index in [-0.39, 0.29) is 50.3 Å². The van der Waals surface area contributed by atoms with Gasteiger partial charge in [0.15, 0.2) is 15.7 Å². The van der Waals surface area contributed by atoms with Gasteiger partial charge < -0.3 is 15.8 Å². The maximum Gasteiger partial charge on any atom is 0.405 e. The fourth-order valence-electron chi connectivity index (χ4n) is 4.06. The molecule has 0 aliphatic rings. The molecule has 0 aliphatic heterocycles. The van der Waals surface area contributed by atoms with Crippen LogP contribution in [0, 0.1) is 11.6 Å². The zero-order valence-corrected chi connectivity index (χ0v) is 21.6. The third kappa shape index (κ3) is 6.16. The Labute approximate surface area is 220 Å². The van der Waals surface area contributed by atoms with E-state index in [1.54, 1.807) is 6.92 Å². The van der Waals surface area contributed by atoms with E-state index >= 15 is 0 Å². The van der Waals surface area contributed by atoms with E-state index in [1.807, 2.05) is 0 Å². The molecule has 2 heterocycles. The molecule has 1 atom stereocenters. The number of rotatable bonds is 7. The molecule has 0 saturated carbocycles. The lowest BCUT2D eigenvalue weighted by Crippen LogP contribution is -2.22. The smallest absolute Gasteiger partial charge is 0.405 e. The van der Waals surface area contributed by atoms with Crippen LogP contribution in [-0.4, -0.2) is 49.5 Å². The summed E-state index contributed by atoms with van der Waals surface area (Å²) in [4.78, 5) is 12.4. The SMILES string of the molecule is COc1ccc(-c2cc(C(C)c3cc(F)cc(F)c3)c3nc(N)nc(NCC(F)(F)F)c3n2)cc1S(C)(=O)=O. The summed E-state index contributed by atoms with van der Waals surface area (Å²) in [5.74, 6) is -3.02. The molecule has 3 N–H and O–H groups in total. The van der Waals surface area contributed by atoms with E-state index in [1.165, 1.54) is 31.4 Å². The van der Waals surface area contributed by atoms with Crippen LogP contribution in [0.2, 0.25) is 0 Å². The van der Waals surface area contributed by atoms with Crippen LogP contribution in [-0.2, 0) is 9.84 Å². The molecule has 0 saturated heterocycles. The van der Waals surface area contributed by atoms with Crippen molar-refractivity contribution in [2.75, 3.05) is 31.0 Å². The van der Waals surface area contributed by atoms with Crippen LogP contribution in [0.3, 0.4) is 0 Å². The summed E-state index contributed by atoms with van der Waals surface area (Å²) < 4.78 is 97.1. The van der Waals surface area contributed by atoms with Gasteiger partial charge >= 0.3 is 6.18 Å². The van der Waals surface area contributed by atoms with Gasteiger partial charge in [0.25, 0.3) is 0 Å². The second-order valence-electron chi connectivity index (χ2n) is 8.76. The van der Waals surface area contributed by atoms with Gasteiger partial charge in [0.05, 0.1) is 12.8 Å². The Morgan fingerprint density at radius 3 is 2.26 bits per heavy atom. The monoisotopic (exact) mass is 567 g/mol. The predicted molar refractivity (Wildman–Crippen MR) is 135 cm³/mol. The van der Waals surface area contributed by atoms with E-state index in [9.17, 15) is 30.4 Å². The Hall–Kier alpha value is -4.07. The molecule has 14 heteroatoms. The number of ether oxygens (including phenoxy) is 1. The van der Waals surface area contributed by atoms with Crippen LogP contribution in [0.25, 0.3) is 22.3 Å². The number of nitrogens with one attached hydrogen (secondary N) is 1. The van der Waals surface area contributed by atoms with Crippen molar-refractivity contribution in [1.29, 1.82) is 0 Å². The van der Waals surface area contributed by atoms with Gasteiger partial charge in [0, 0.05) is 23.8 Å². The van der Waals surface area contributed by atoms with Gasteiger partial charge in [-0.05, 0) is 47.5 Å². The number of nitrogens with two attached hydrogens (primary N) is 1. The first-order valence-electron chi connectivity index (χ1n) is 11.3. The summed E-state index contributed by atoms with van der Waals surface area (Å²) in [6.45, 7) is 0.162. The van der Waals surface area contributed by atoms with Crippen molar-refractivity contribution in [1.82, 2.24) is 15.0 Å². The van der Waals surface area contributed by atoms with Gasteiger partial charge in [-0.1, -0.05) is 6.92 Å². The predicted octanol–water partition coefficient (Wildman–Crippen LogP) is 5.09. The van der Waals surface area contributed by atoms with Crippen LogP contribution in [0.4, 0.5) is 33.7 Å². The van der Waals surface area contributed by atoms with Gasteiger partial charge in [-0.2, -0.15) is 18.2 Å². The molecule has 4 rings (SSSR count). The standard InChI is InChI=1S/C25H22F5N5O3S/c1-12(14-6-15(26)9-16(27)7-14)17-10-18(13-4-5-19(38-2)20(8-13)39(3,36)37)33-22-21(17)34-24(31)35-23(22)32-11-25(28,29)30/h4-10,12H,11H2,1-3H3,(H3,31,32,34,35). The van der Waals surface area contributed by atoms with E-state index in [0.29, 0.717) is 11.6 Å². The molecule has 0 bridgehead atoms. The molecule has 1 unspecified atom stereocenters. The van der Waals surface area contributed by atoms with Gasteiger partial charge in [0.2, 0.25) is 5.95 Å². The summed E-state index contributed by atoms with van der Waals surface area (Å²) >= 11 is 0. The Bertz CT molecular complexity index is 1660. The molecule has 0 radical (unpaired) electrons. The zero-order chi connectivity index (χ0) is 28.7. The number of anilines is 2. The minimum Gasteiger partial charge on any atom is -0.495 e. The molecule has 0 spiro atoms. The Balaban J connectivity index is 2.02. The van der Waals surface area contributed by atoms with Crippen molar-refractivity contribution in [2.45, 2.75) is 23.9 Å². The maximum absolute atomic E-state index is 14.0. The summed E-state index contributed by atoms with van der Waals surface area (Å²) in [5, 5.41) is 2.17. The molecule has 206 valence electrons. The number of fused-ring (bicyclic) bond motifs is 1. The number of hydrogen-bond acceptors (Lipinski definition) is 8. The highest BCUT2D eigenvalue weighted by Crippen LogP contribution is 2.37. The minimum absolute atomic E-state index is 0.0462. The lowest BCUT2D eigenvalue weighted by molar-refractivity contribution is -0.115. The Morgan fingerprint density at radius 1 is 1.00 bits per heavy atom. The molecule has 2 aromatic heterocycles. The molecule has 39 heavy (non-hydrogen) atoms. The zero-order valence-electron chi connectivity index (χ0n) is 20.8. The molecule has 4 aromatic rings. The number of nitrogens with zero attached hydrogens (tertiary/aromatic N) is 3. The molecule has 2 aromatic carbocycles. The van der Waals surface area contributed by atoms with Crippen LogP contribution in [0.15, 0.2) is 47.4 Å². The number of pyridine rings is 1. The van der Waals surface area contributed by atoms with Gasteiger partial charge in [-0.25, -0.2) is 27.2 Å². The fraction of sp³-hybridized carbons (Fsp3) is 0.240. The topological polar surface area (TPSA) is 120 Å². The van der Waals surface area contributed by atoms with Crippen molar-refractivity contribution >= 4 is 32.6 Å². The maximum atomic E-state index is 14.0. The van der Waals surface area contributed by atoms with E-state index in [0.717, 1.165) is 18.4 Å². The van der Waals surface area contributed by atoms with Crippen molar-refractivity contribution in [3.8, 4) is 17.0 Å². The van der Waals surface area contributed by atoms with Gasteiger partial charge in [-0.3, -0.25) is 0 Å². The lowest BCUT2D eigenvalue weighted by atomic mass is 9.91. The molecule has 0 amide bonds. The first-order chi connectivity index (χ1) is 18.2. The van der Waals surface area contributed by atoms with Crippen LogP contribution < -0.4 is 15.8 Å². The first kappa shape index (κ1) is 28.0. The number of sulfone groups is 1. The molecular formula is C25H22F5N5O3S. The lowest BCUT2D eigenvalue weighted by Gasteiger charge is -2.19. The third-order valence-electron chi connectivity index (χ3n) is 5.87.